The fourth-order valence-electron chi connectivity index (χ4n) is 3.27. The van der Waals surface area contributed by atoms with Gasteiger partial charge in [-0.15, -0.1) is 0 Å². The largest absolute Gasteiger partial charge is 0.382 e. The zero-order valence-corrected chi connectivity index (χ0v) is 14.1. The van der Waals surface area contributed by atoms with Crippen molar-refractivity contribution in [3.63, 3.8) is 0 Å². The van der Waals surface area contributed by atoms with Crippen LogP contribution in [0.5, 0.6) is 0 Å². The second kappa shape index (κ2) is 5.26. The van der Waals surface area contributed by atoms with Gasteiger partial charge in [0.15, 0.2) is 5.52 Å². The van der Waals surface area contributed by atoms with E-state index in [1.807, 2.05) is 18.2 Å². The lowest BCUT2D eigenvalue weighted by Gasteiger charge is -2.08. The van der Waals surface area contributed by atoms with Crippen molar-refractivity contribution in [3.05, 3.63) is 63.8 Å². The summed E-state index contributed by atoms with van der Waals surface area (Å²) in [6, 6.07) is 12.6. The van der Waals surface area contributed by atoms with Gasteiger partial charge in [-0.1, -0.05) is 41.4 Å². The van der Waals surface area contributed by atoms with Crippen LogP contribution in [0.3, 0.4) is 0 Å². The summed E-state index contributed by atoms with van der Waals surface area (Å²) >= 11 is 12.0. The van der Waals surface area contributed by atoms with E-state index in [0.29, 0.717) is 38.0 Å². The van der Waals surface area contributed by atoms with Crippen molar-refractivity contribution in [2.24, 2.45) is 0 Å². The molecule has 0 bridgehead atoms. The molecule has 0 aliphatic heterocycles. The molecule has 1 aliphatic rings. The molecule has 0 fully saturated rings. The van der Waals surface area contributed by atoms with Crippen molar-refractivity contribution in [1.82, 2.24) is 15.3 Å². The average Bonchev–Trinajstić information content (AvgIpc) is 3.19. The Balaban J connectivity index is 1.84. The number of rotatable bonds is 1. The van der Waals surface area contributed by atoms with Gasteiger partial charge in [-0.2, -0.15) is 0 Å². The first-order valence-electron chi connectivity index (χ1n) is 7.53. The summed E-state index contributed by atoms with van der Waals surface area (Å²) in [6.45, 7) is 0. The van der Waals surface area contributed by atoms with Crippen LogP contribution in [0.2, 0.25) is 10.0 Å². The molecule has 0 saturated heterocycles. The van der Waals surface area contributed by atoms with E-state index in [0.717, 1.165) is 16.7 Å². The van der Waals surface area contributed by atoms with Gasteiger partial charge in [0.05, 0.1) is 5.69 Å². The van der Waals surface area contributed by atoms with E-state index >= 15 is 0 Å². The van der Waals surface area contributed by atoms with Gasteiger partial charge < -0.3 is 5.11 Å². The van der Waals surface area contributed by atoms with Crippen molar-refractivity contribution in [2.75, 3.05) is 0 Å². The molecule has 0 amide bonds. The van der Waals surface area contributed by atoms with Gasteiger partial charge in [-0.25, -0.2) is 9.61 Å². The highest BCUT2D eigenvalue weighted by molar-refractivity contribution is 6.31. The van der Waals surface area contributed by atoms with Gasteiger partial charge >= 0.3 is 0 Å². The van der Waals surface area contributed by atoms with Crippen LogP contribution in [0.25, 0.3) is 33.4 Å². The van der Waals surface area contributed by atoms with Crippen LogP contribution < -0.4 is 0 Å². The Labute approximate surface area is 151 Å². The maximum atomic E-state index is 10.7. The monoisotopic (exact) mass is 369 g/mol. The smallest absolute Gasteiger partial charge is 0.162 e. The van der Waals surface area contributed by atoms with E-state index in [2.05, 4.69) is 15.3 Å². The Morgan fingerprint density at radius 2 is 1.64 bits per heavy atom. The highest BCUT2D eigenvalue weighted by Gasteiger charge is 2.33. The second-order valence-electron chi connectivity index (χ2n) is 5.82. The predicted octanol–water partition coefficient (Wildman–Crippen LogP) is 4.65. The van der Waals surface area contributed by atoms with Gasteiger partial charge in [-0.05, 0) is 45.7 Å². The number of benzene rings is 2. The number of aromatic nitrogens is 3. The minimum atomic E-state index is -0.879. The Hall–Kier alpha value is -2.47. The molecule has 2 heterocycles. The Bertz CT molecular complexity index is 1140. The van der Waals surface area contributed by atoms with Crippen molar-refractivity contribution in [3.8, 4) is 22.4 Å². The van der Waals surface area contributed by atoms with Crippen LogP contribution in [0.1, 0.15) is 17.4 Å². The minimum Gasteiger partial charge on any atom is -0.382 e. The topological polar surface area (TPSA) is 72.0 Å². The Morgan fingerprint density at radius 1 is 0.920 bits per heavy atom. The SMILES string of the molecule is OC1c2cc(Cl)ccc2-c2c1nc(-c1ccc(Cl)cc1)c1nonc21. The van der Waals surface area contributed by atoms with Gasteiger partial charge in [0.2, 0.25) is 0 Å². The van der Waals surface area contributed by atoms with Gasteiger partial charge in [0, 0.05) is 21.2 Å². The van der Waals surface area contributed by atoms with Crippen LogP contribution in [-0.4, -0.2) is 20.4 Å². The zero-order valence-electron chi connectivity index (χ0n) is 12.6. The molecule has 2 aromatic carbocycles. The van der Waals surface area contributed by atoms with Gasteiger partial charge in [-0.3, -0.25) is 0 Å². The summed E-state index contributed by atoms with van der Waals surface area (Å²) in [7, 11) is 0. The first-order chi connectivity index (χ1) is 12.1. The highest BCUT2D eigenvalue weighted by Crippen LogP contribution is 2.47. The number of hydrogen-bond donors (Lipinski definition) is 1. The lowest BCUT2D eigenvalue weighted by Crippen LogP contribution is -1.99. The van der Waals surface area contributed by atoms with Gasteiger partial charge in [0.25, 0.3) is 0 Å². The molecule has 0 spiro atoms. The maximum absolute atomic E-state index is 10.7. The van der Waals surface area contributed by atoms with E-state index in [1.165, 1.54) is 0 Å². The molecule has 122 valence electrons. The molecular weight excluding hydrogens is 361 g/mol. The third kappa shape index (κ3) is 2.10. The van der Waals surface area contributed by atoms with Crippen molar-refractivity contribution in [2.45, 2.75) is 6.10 Å². The molecule has 0 radical (unpaired) electrons. The quantitative estimate of drug-likeness (QED) is 0.528. The van der Waals surface area contributed by atoms with E-state index in [9.17, 15) is 5.11 Å². The van der Waals surface area contributed by atoms with E-state index in [-0.39, 0.29) is 0 Å². The number of hydrogen-bond acceptors (Lipinski definition) is 5. The summed E-state index contributed by atoms with van der Waals surface area (Å²) in [5.74, 6) is 0. The molecule has 2 aromatic heterocycles. The predicted molar refractivity (Wildman–Crippen MR) is 94.6 cm³/mol. The molecule has 1 aliphatic carbocycles. The Morgan fingerprint density at radius 3 is 2.44 bits per heavy atom. The number of pyridine rings is 1. The molecule has 25 heavy (non-hydrogen) atoms. The molecule has 1 N–H and O–H groups in total. The maximum Gasteiger partial charge on any atom is 0.162 e. The first kappa shape index (κ1) is 14.8. The van der Waals surface area contributed by atoms with Crippen LogP contribution in [0.15, 0.2) is 47.1 Å². The molecule has 0 saturated carbocycles. The van der Waals surface area contributed by atoms with Crippen LogP contribution in [0.4, 0.5) is 0 Å². The molecular formula is C18H9Cl2N3O2. The van der Waals surface area contributed by atoms with Gasteiger partial charge in [0.1, 0.15) is 17.3 Å². The zero-order chi connectivity index (χ0) is 17.1. The summed E-state index contributed by atoms with van der Waals surface area (Å²) in [5, 5.41) is 20.0. The van der Waals surface area contributed by atoms with Crippen LogP contribution >= 0.6 is 23.2 Å². The third-order valence-corrected chi connectivity index (χ3v) is 4.88. The van der Waals surface area contributed by atoms with E-state index in [1.54, 1.807) is 24.3 Å². The summed E-state index contributed by atoms with van der Waals surface area (Å²) in [4.78, 5) is 4.68. The number of halogens is 2. The average molecular weight is 370 g/mol. The fraction of sp³-hybridized carbons (Fsp3) is 0.0556. The number of nitrogens with zero attached hydrogens (tertiary/aromatic N) is 3. The first-order valence-corrected chi connectivity index (χ1v) is 8.29. The lowest BCUT2D eigenvalue weighted by atomic mass is 10.0. The fourth-order valence-corrected chi connectivity index (χ4v) is 3.57. The highest BCUT2D eigenvalue weighted by atomic mass is 35.5. The van der Waals surface area contributed by atoms with Crippen LogP contribution in [-0.2, 0) is 0 Å². The van der Waals surface area contributed by atoms with Crippen molar-refractivity contribution < 1.29 is 9.74 Å². The van der Waals surface area contributed by atoms with Crippen molar-refractivity contribution >= 4 is 34.2 Å². The van der Waals surface area contributed by atoms with Crippen molar-refractivity contribution in [1.29, 1.82) is 0 Å². The second-order valence-corrected chi connectivity index (χ2v) is 6.70. The van der Waals surface area contributed by atoms with E-state index < -0.39 is 6.10 Å². The molecule has 5 nitrogen and oxygen atoms in total. The molecule has 5 rings (SSSR count). The molecule has 1 unspecified atom stereocenters. The minimum absolute atomic E-state index is 0.519. The van der Waals surface area contributed by atoms with E-state index in [4.69, 9.17) is 27.8 Å². The Kier molecular flexibility index (Phi) is 3.12. The number of aliphatic hydroxyl groups is 1. The van der Waals surface area contributed by atoms with Crippen LogP contribution in [0, 0.1) is 0 Å². The lowest BCUT2D eigenvalue weighted by molar-refractivity contribution is 0.221. The molecule has 1 atom stereocenters. The molecule has 4 aromatic rings. The summed E-state index contributed by atoms with van der Waals surface area (Å²) < 4.78 is 4.98. The summed E-state index contributed by atoms with van der Waals surface area (Å²) in [6.07, 6.45) is -0.879. The number of aliphatic hydroxyl groups excluding tert-OH is 1. The molecule has 7 heteroatoms. The third-order valence-electron chi connectivity index (χ3n) is 4.39. The number of fused-ring (bicyclic) bond motifs is 5. The standard InChI is InChI=1S/C18H9Cl2N3O2/c19-9-3-1-8(2-4-9)14-17-15(22-25-23-17)13-11-6-5-10(20)7-12(11)18(24)16(13)21-14/h1-7,18,24H. The summed E-state index contributed by atoms with van der Waals surface area (Å²) in [5.41, 5.74) is 5.29. The normalized spacial score (nSPS) is 15.4.